The molecular formula is C6H11IO5. The van der Waals surface area contributed by atoms with Crippen molar-refractivity contribution in [3.63, 3.8) is 0 Å². The van der Waals surface area contributed by atoms with E-state index >= 15 is 0 Å². The lowest BCUT2D eigenvalue weighted by Crippen LogP contribution is -2.61. The van der Waals surface area contributed by atoms with Crippen LogP contribution in [0.15, 0.2) is 0 Å². The molecule has 0 amide bonds. The summed E-state index contributed by atoms with van der Waals surface area (Å²) in [7, 11) is 0. The van der Waals surface area contributed by atoms with Crippen molar-refractivity contribution in [3.05, 3.63) is 0 Å². The SMILES string of the molecule is OC1[C@@H](O)[C@H](O)C(I)[C@H](O)[C@H]1O. The largest absolute Gasteiger partial charge is 0.389 e. The molecule has 6 heteroatoms. The molecular weight excluding hydrogens is 279 g/mol. The summed E-state index contributed by atoms with van der Waals surface area (Å²) in [5.74, 6) is 0. The summed E-state index contributed by atoms with van der Waals surface area (Å²) < 4.78 is -0.670. The Kier molecular flexibility index (Phi) is 3.29. The molecule has 0 aromatic rings. The molecule has 1 rings (SSSR count). The first-order valence-corrected chi connectivity index (χ1v) is 4.75. The van der Waals surface area contributed by atoms with Crippen LogP contribution in [0.3, 0.4) is 0 Å². The van der Waals surface area contributed by atoms with Gasteiger partial charge in [-0.05, 0) is 0 Å². The molecule has 1 saturated carbocycles. The minimum Gasteiger partial charge on any atom is -0.389 e. The highest BCUT2D eigenvalue weighted by molar-refractivity contribution is 14.1. The van der Waals surface area contributed by atoms with Crippen molar-refractivity contribution in [2.75, 3.05) is 0 Å². The first-order valence-electron chi connectivity index (χ1n) is 3.51. The van der Waals surface area contributed by atoms with Crippen molar-refractivity contribution >= 4 is 22.6 Å². The minimum atomic E-state index is -1.49. The fraction of sp³-hybridized carbons (Fsp3) is 1.00. The van der Waals surface area contributed by atoms with E-state index in [0.717, 1.165) is 0 Å². The molecule has 1 fully saturated rings. The maximum atomic E-state index is 9.22. The quantitative estimate of drug-likeness (QED) is 0.253. The van der Waals surface area contributed by atoms with Crippen LogP contribution in [-0.4, -0.2) is 60.0 Å². The summed E-state index contributed by atoms with van der Waals surface area (Å²) >= 11 is 1.72. The van der Waals surface area contributed by atoms with E-state index in [1.165, 1.54) is 0 Å². The van der Waals surface area contributed by atoms with Gasteiger partial charge < -0.3 is 25.5 Å². The van der Waals surface area contributed by atoms with Crippen molar-refractivity contribution in [2.24, 2.45) is 0 Å². The molecule has 0 spiro atoms. The van der Waals surface area contributed by atoms with Gasteiger partial charge in [0.1, 0.15) is 18.3 Å². The summed E-state index contributed by atoms with van der Waals surface area (Å²) in [5, 5.41) is 45.8. The van der Waals surface area contributed by atoms with E-state index in [9.17, 15) is 10.2 Å². The highest BCUT2D eigenvalue weighted by atomic mass is 127. The highest BCUT2D eigenvalue weighted by Gasteiger charge is 2.46. The van der Waals surface area contributed by atoms with Crippen molar-refractivity contribution in [2.45, 2.75) is 34.4 Å². The summed E-state index contributed by atoms with van der Waals surface area (Å²) in [6.07, 6.45) is -6.70. The number of aliphatic hydroxyl groups is 5. The lowest BCUT2D eigenvalue weighted by Gasteiger charge is -2.39. The summed E-state index contributed by atoms with van der Waals surface area (Å²) in [4.78, 5) is 0. The van der Waals surface area contributed by atoms with Crippen LogP contribution < -0.4 is 0 Å². The third kappa shape index (κ3) is 1.59. The predicted octanol–water partition coefficient (Wildman–Crippen LogP) is -2.39. The van der Waals surface area contributed by atoms with Crippen LogP contribution in [0.5, 0.6) is 0 Å². The molecule has 1 aliphatic carbocycles. The number of aliphatic hydroxyl groups excluding tert-OH is 5. The maximum Gasteiger partial charge on any atom is 0.111 e. The third-order valence-electron chi connectivity index (χ3n) is 2.05. The zero-order valence-corrected chi connectivity index (χ0v) is 8.24. The van der Waals surface area contributed by atoms with Crippen LogP contribution in [0.25, 0.3) is 0 Å². The summed E-state index contributed by atoms with van der Waals surface area (Å²) in [6.45, 7) is 0. The van der Waals surface area contributed by atoms with Gasteiger partial charge in [-0.25, -0.2) is 0 Å². The van der Waals surface area contributed by atoms with Gasteiger partial charge in [0.25, 0.3) is 0 Å². The Hall–Kier alpha value is 0.530. The number of rotatable bonds is 0. The van der Waals surface area contributed by atoms with Crippen molar-refractivity contribution in [1.29, 1.82) is 0 Å². The molecule has 0 aromatic carbocycles. The fourth-order valence-corrected chi connectivity index (χ4v) is 2.04. The average Bonchev–Trinajstić information content (AvgIpc) is 2.08. The van der Waals surface area contributed by atoms with Crippen molar-refractivity contribution < 1.29 is 25.5 Å². The molecule has 0 aromatic heterocycles. The first-order chi connectivity index (χ1) is 5.46. The number of hydrogen-bond acceptors (Lipinski definition) is 5. The topological polar surface area (TPSA) is 101 Å². The van der Waals surface area contributed by atoms with E-state index in [1.807, 2.05) is 0 Å². The second-order valence-electron chi connectivity index (χ2n) is 2.90. The molecule has 12 heavy (non-hydrogen) atoms. The lowest BCUT2D eigenvalue weighted by molar-refractivity contribution is -0.169. The van der Waals surface area contributed by atoms with E-state index in [4.69, 9.17) is 15.3 Å². The Balaban J connectivity index is 2.76. The summed E-state index contributed by atoms with van der Waals surface area (Å²) in [6, 6.07) is 0. The van der Waals surface area contributed by atoms with Gasteiger partial charge in [-0.3, -0.25) is 0 Å². The van der Waals surface area contributed by atoms with Crippen LogP contribution in [0.2, 0.25) is 0 Å². The van der Waals surface area contributed by atoms with Crippen molar-refractivity contribution in [1.82, 2.24) is 0 Å². The van der Waals surface area contributed by atoms with Gasteiger partial charge in [-0.15, -0.1) is 0 Å². The minimum absolute atomic E-state index is 0.670. The Morgan fingerprint density at radius 2 is 0.833 bits per heavy atom. The predicted molar refractivity (Wildman–Crippen MR) is 47.8 cm³/mol. The van der Waals surface area contributed by atoms with Crippen LogP contribution in [0.4, 0.5) is 0 Å². The first kappa shape index (κ1) is 10.6. The molecule has 2 unspecified atom stereocenters. The van der Waals surface area contributed by atoms with Gasteiger partial charge in [-0.2, -0.15) is 0 Å². The standard InChI is InChI=1S/C6H11IO5/c7-1-2(8)4(10)6(12)5(11)3(1)9/h1-6,8-12H/t1?,2-,3+,4+,5-,6?. The molecule has 72 valence electrons. The van der Waals surface area contributed by atoms with Crippen LogP contribution in [0, 0.1) is 0 Å². The second kappa shape index (κ2) is 3.72. The zero-order valence-electron chi connectivity index (χ0n) is 6.08. The molecule has 5 N–H and O–H groups in total. The summed E-state index contributed by atoms with van der Waals surface area (Å²) in [5.41, 5.74) is 0. The molecule has 0 bridgehead atoms. The Labute approximate surface area is 82.8 Å². The van der Waals surface area contributed by atoms with Gasteiger partial charge in [-0.1, -0.05) is 22.6 Å². The zero-order chi connectivity index (χ0) is 9.46. The van der Waals surface area contributed by atoms with Crippen LogP contribution >= 0.6 is 22.6 Å². The van der Waals surface area contributed by atoms with E-state index in [0.29, 0.717) is 0 Å². The van der Waals surface area contributed by atoms with E-state index < -0.39 is 34.4 Å². The third-order valence-corrected chi connectivity index (χ3v) is 3.53. The van der Waals surface area contributed by atoms with Gasteiger partial charge in [0.15, 0.2) is 0 Å². The lowest BCUT2D eigenvalue weighted by atomic mass is 9.87. The molecule has 0 heterocycles. The van der Waals surface area contributed by atoms with Gasteiger partial charge >= 0.3 is 0 Å². The van der Waals surface area contributed by atoms with Crippen molar-refractivity contribution in [3.8, 4) is 0 Å². The van der Waals surface area contributed by atoms with E-state index in [2.05, 4.69) is 0 Å². The van der Waals surface area contributed by atoms with Gasteiger partial charge in [0.05, 0.1) is 16.1 Å². The molecule has 6 atom stereocenters. The van der Waals surface area contributed by atoms with Gasteiger partial charge in [0, 0.05) is 0 Å². The smallest absolute Gasteiger partial charge is 0.111 e. The molecule has 5 nitrogen and oxygen atoms in total. The molecule has 0 aliphatic heterocycles. The van der Waals surface area contributed by atoms with E-state index in [-0.39, 0.29) is 0 Å². The fourth-order valence-electron chi connectivity index (χ4n) is 1.18. The van der Waals surface area contributed by atoms with Crippen LogP contribution in [0.1, 0.15) is 0 Å². The number of halogens is 1. The Bertz CT molecular complexity index is 107. The molecule has 0 radical (unpaired) electrons. The number of hydrogen-bond donors (Lipinski definition) is 5. The normalized spacial score (nSPS) is 55.5. The molecule has 0 saturated heterocycles. The van der Waals surface area contributed by atoms with E-state index in [1.54, 1.807) is 22.6 Å². The highest BCUT2D eigenvalue weighted by Crippen LogP contribution is 2.26. The maximum absolute atomic E-state index is 9.22. The number of alkyl halides is 1. The molecule has 1 aliphatic rings. The second-order valence-corrected chi connectivity index (χ2v) is 4.34. The monoisotopic (exact) mass is 290 g/mol. The van der Waals surface area contributed by atoms with Gasteiger partial charge in [0.2, 0.25) is 0 Å². The Morgan fingerprint density at radius 3 is 1.17 bits per heavy atom. The average molecular weight is 290 g/mol. The Morgan fingerprint density at radius 1 is 0.583 bits per heavy atom. The van der Waals surface area contributed by atoms with Crippen LogP contribution in [-0.2, 0) is 0 Å².